The molecule has 1 saturated heterocycles. The van der Waals surface area contributed by atoms with Crippen molar-refractivity contribution in [3.05, 3.63) is 65.2 Å². The molecule has 1 aromatic carbocycles. The predicted octanol–water partition coefficient (Wildman–Crippen LogP) is 0.128. The summed E-state index contributed by atoms with van der Waals surface area (Å²) in [5.74, 6) is 0.245. The molecule has 3 aromatic rings. The first kappa shape index (κ1) is 21.6. The molecule has 0 saturated carbocycles. The molecule has 2 aliphatic rings. The summed E-state index contributed by atoms with van der Waals surface area (Å²) >= 11 is -0.142. The standard InChI is InChI=1S/C23H23F2IN5O/c1-22(2)14-11-26-12-23(22,21-28-7-6-18(29-21)27-8-9-32)20-13(14)10-17(30-31-20)19-15(24)4-3-5-16(19)25/h3-7,10,14,32H,8-9,11-12H2,1-2H3,(H,27,28,29)/q-1/t14-,23+/m0/s1. The Bertz CT molecular complexity index is 1170. The Labute approximate surface area is 195 Å². The number of hydrogen-bond acceptors (Lipinski definition) is 6. The minimum atomic E-state index is -0.646. The zero-order chi connectivity index (χ0) is 22.5. The van der Waals surface area contributed by atoms with Crippen molar-refractivity contribution in [3.63, 3.8) is 0 Å². The van der Waals surface area contributed by atoms with E-state index in [1.165, 1.54) is 18.2 Å². The van der Waals surface area contributed by atoms with E-state index < -0.39 is 17.0 Å². The second-order valence-electron chi connectivity index (χ2n) is 8.70. The maximum absolute atomic E-state index is 14.4. The topological polar surface area (TPSA) is 83.8 Å². The number of aliphatic hydroxyl groups excluding tert-OH is 1. The van der Waals surface area contributed by atoms with E-state index in [2.05, 4.69) is 34.3 Å². The molecule has 3 heterocycles. The second-order valence-corrected chi connectivity index (χ2v) is 11.4. The molecule has 0 spiro atoms. The molecule has 32 heavy (non-hydrogen) atoms. The quantitative estimate of drug-likeness (QED) is 0.347. The van der Waals surface area contributed by atoms with Gasteiger partial charge in [0.15, 0.2) is 0 Å². The van der Waals surface area contributed by atoms with E-state index in [4.69, 9.17) is 10.1 Å². The normalized spacial score (nSPS) is 23.3. The molecule has 168 valence electrons. The Kier molecular flexibility index (Phi) is 5.36. The van der Waals surface area contributed by atoms with Gasteiger partial charge in [-0.2, -0.15) is 0 Å². The Morgan fingerprint density at radius 3 is 2.72 bits per heavy atom. The zero-order valence-electron chi connectivity index (χ0n) is 17.7. The maximum atomic E-state index is 14.4. The van der Waals surface area contributed by atoms with Gasteiger partial charge in [-0.05, 0) is 0 Å². The van der Waals surface area contributed by atoms with Crippen LogP contribution in [0.4, 0.5) is 14.6 Å². The van der Waals surface area contributed by atoms with Crippen LogP contribution >= 0.6 is 0 Å². The van der Waals surface area contributed by atoms with Crippen LogP contribution in [0.2, 0.25) is 0 Å². The van der Waals surface area contributed by atoms with Crippen LogP contribution in [0.15, 0.2) is 36.5 Å². The third-order valence-electron chi connectivity index (χ3n) is 6.81. The Balaban J connectivity index is 1.68. The SMILES string of the molecule is CC1(C)[C@H]2C[I-]C[C@]1(c1nccc(NCCO)n1)c1nnc(-c3c(F)cccc3F)cc12. The van der Waals surface area contributed by atoms with E-state index in [1.54, 1.807) is 12.3 Å². The Morgan fingerprint density at radius 1 is 1.19 bits per heavy atom. The summed E-state index contributed by atoms with van der Waals surface area (Å²) in [6, 6.07) is 7.42. The van der Waals surface area contributed by atoms with Gasteiger partial charge >= 0.3 is 195 Å². The molecule has 9 heteroatoms. The van der Waals surface area contributed by atoms with Gasteiger partial charge in [0.1, 0.15) is 0 Å². The van der Waals surface area contributed by atoms with Gasteiger partial charge in [-0.25, -0.2) is 0 Å². The molecule has 2 bridgehead atoms. The van der Waals surface area contributed by atoms with Crippen LogP contribution in [0.1, 0.15) is 36.8 Å². The molecule has 5 rings (SSSR count). The van der Waals surface area contributed by atoms with Crippen LogP contribution < -0.4 is 26.5 Å². The fourth-order valence-electron chi connectivity index (χ4n) is 4.98. The number of aliphatic hydroxyl groups is 1. The van der Waals surface area contributed by atoms with Gasteiger partial charge in [-0.3, -0.25) is 0 Å². The average Bonchev–Trinajstić information content (AvgIpc) is 2.88. The summed E-state index contributed by atoms with van der Waals surface area (Å²) in [6.07, 6.45) is 1.73. The fraction of sp³-hybridized carbons (Fsp3) is 0.391. The van der Waals surface area contributed by atoms with Crippen LogP contribution in [-0.2, 0) is 5.41 Å². The number of aromatic nitrogens is 4. The van der Waals surface area contributed by atoms with E-state index in [0.29, 0.717) is 18.2 Å². The van der Waals surface area contributed by atoms with E-state index in [-0.39, 0.29) is 50.4 Å². The second kappa shape index (κ2) is 7.95. The summed E-state index contributed by atoms with van der Waals surface area (Å²) < 4.78 is 30.9. The first-order valence-electron chi connectivity index (χ1n) is 10.4. The first-order chi connectivity index (χ1) is 15.4. The average molecular weight is 550 g/mol. The molecular formula is C23H23F2IN5O-. The number of rotatable bonds is 5. The molecule has 2 N–H and O–H groups in total. The Morgan fingerprint density at radius 2 is 1.97 bits per heavy atom. The molecule has 0 amide bonds. The van der Waals surface area contributed by atoms with Gasteiger partial charge in [0.2, 0.25) is 0 Å². The summed E-state index contributed by atoms with van der Waals surface area (Å²) in [6.45, 7) is 4.83. The number of alkyl halides is 2. The van der Waals surface area contributed by atoms with E-state index in [9.17, 15) is 8.78 Å². The fourth-order valence-corrected chi connectivity index (χ4v) is 9.98. The number of nitrogens with one attached hydrogen (secondary N) is 1. The van der Waals surface area contributed by atoms with Gasteiger partial charge in [0.05, 0.1) is 0 Å². The van der Waals surface area contributed by atoms with Gasteiger partial charge in [0, 0.05) is 0 Å². The van der Waals surface area contributed by atoms with Crippen molar-refractivity contribution < 1.29 is 35.1 Å². The third kappa shape index (κ3) is 3.04. The van der Waals surface area contributed by atoms with E-state index in [1.807, 2.05) is 6.07 Å². The molecular weight excluding hydrogens is 527 g/mol. The van der Waals surface area contributed by atoms with Gasteiger partial charge < -0.3 is 0 Å². The van der Waals surface area contributed by atoms with E-state index >= 15 is 0 Å². The number of fused-ring (bicyclic) bond motifs is 5. The molecule has 1 fully saturated rings. The third-order valence-corrected chi connectivity index (χ3v) is 9.99. The predicted molar refractivity (Wildman–Crippen MR) is 112 cm³/mol. The minimum absolute atomic E-state index is 0.00716. The Hall–Kier alpha value is -2.27. The van der Waals surface area contributed by atoms with E-state index in [0.717, 1.165) is 20.1 Å². The van der Waals surface area contributed by atoms with Crippen molar-refractivity contribution in [1.29, 1.82) is 0 Å². The van der Waals surface area contributed by atoms with Crippen molar-refractivity contribution in [2.75, 3.05) is 27.3 Å². The van der Waals surface area contributed by atoms with Crippen LogP contribution in [-0.4, -0.2) is 47.3 Å². The van der Waals surface area contributed by atoms with Crippen LogP contribution in [0.3, 0.4) is 0 Å². The number of nitrogens with zero attached hydrogens (tertiary/aromatic N) is 4. The van der Waals surface area contributed by atoms with Crippen molar-refractivity contribution in [1.82, 2.24) is 20.2 Å². The monoisotopic (exact) mass is 550 g/mol. The van der Waals surface area contributed by atoms with Crippen LogP contribution in [0.25, 0.3) is 11.3 Å². The summed E-state index contributed by atoms with van der Waals surface area (Å²) in [5, 5.41) is 21.1. The molecule has 1 aliphatic heterocycles. The van der Waals surface area contributed by atoms with Gasteiger partial charge in [-0.15, -0.1) is 0 Å². The van der Waals surface area contributed by atoms with Gasteiger partial charge in [0.25, 0.3) is 0 Å². The molecule has 0 radical (unpaired) electrons. The van der Waals surface area contributed by atoms with Crippen LogP contribution in [0.5, 0.6) is 0 Å². The van der Waals surface area contributed by atoms with Gasteiger partial charge in [-0.1, -0.05) is 0 Å². The van der Waals surface area contributed by atoms with Crippen molar-refractivity contribution in [3.8, 4) is 11.3 Å². The molecule has 6 nitrogen and oxygen atoms in total. The molecule has 1 aliphatic carbocycles. The molecule has 0 unspecified atom stereocenters. The number of halogens is 3. The van der Waals surface area contributed by atoms with Crippen LogP contribution in [0, 0.1) is 17.0 Å². The zero-order valence-corrected chi connectivity index (χ0v) is 19.9. The first-order valence-corrected chi connectivity index (χ1v) is 13.5. The van der Waals surface area contributed by atoms with Crippen molar-refractivity contribution in [2.24, 2.45) is 5.41 Å². The number of benzene rings is 1. The number of hydrogen-bond donors (Lipinski definition) is 2. The molecule has 2 aromatic heterocycles. The summed E-state index contributed by atoms with van der Waals surface area (Å²) in [7, 11) is 0. The van der Waals surface area contributed by atoms with Crippen molar-refractivity contribution >= 4 is 5.82 Å². The number of anilines is 1. The molecule has 2 atom stereocenters. The summed E-state index contributed by atoms with van der Waals surface area (Å²) in [4.78, 5) is 9.46. The summed E-state index contributed by atoms with van der Waals surface area (Å²) in [5.41, 5.74) is 1.16. The van der Waals surface area contributed by atoms with Crippen molar-refractivity contribution in [2.45, 2.75) is 25.2 Å².